The van der Waals surface area contributed by atoms with Crippen LogP contribution in [0.4, 0.5) is 4.79 Å². The minimum absolute atomic E-state index is 0.159. The van der Waals surface area contributed by atoms with E-state index >= 15 is 0 Å². The third-order valence-electron chi connectivity index (χ3n) is 4.61. The van der Waals surface area contributed by atoms with Crippen molar-refractivity contribution < 1.29 is 19.6 Å². The standard InChI is InChI=1S/C22H30BN3O4/c1-16(2)13-20(23(29)30)26-21(27)19(14-17-9-5-3-6-10-17)25-22(28)24-15-18-11-7-4-8-12-18/h3-12,16,19-20,29-30H,13-15H2,1-2H3,(H,26,27)(H2,24,25,28)/t19-,20-/m0/s1. The quantitative estimate of drug-likeness (QED) is 0.383. The number of benzene rings is 2. The monoisotopic (exact) mass is 411 g/mol. The maximum atomic E-state index is 12.9. The molecule has 8 heteroatoms. The van der Waals surface area contributed by atoms with E-state index in [1.165, 1.54) is 0 Å². The Labute approximate surface area is 178 Å². The number of rotatable bonds is 10. The first-order valence-electron chi connectivity index (χ1n) is 10.1. The first-order valence-corrected chi connectivity index (χ1v) is 10.1. The topological polar surface area (TPSA) is 111 Å². The summed E-state index contributed by atoms with van der Waals surface area (Å²) >= 11 is 0. The second-order valence-electron chi connectivity index (χ2n) is 7.71. The van der Waals surface area contributed by atoms with E-state index in [1.54, 1.807) is 0 Å². The van der Waals surface area contributed by atoms with Crippen molar-refractivity contribution in [2.75, 3.05) is 0 Å². The Balaban J connectivity index is 2.05. The van der Waals surface area contributed by atoms with E-state index < -0.39 is 31.0 Å². The Morgan fingerprint density at radius 1 is 0.900 bits per heavy atom. The smallest absolute Gasteiger partial charge is 0.426 e. The Bertz CT molecular complexity index is 787. The van der Waals surface area contributed by atoms with Crippen molar-refractivity contribution >= 4 is 19.1 Å². The van der Waals surface area contributed by atoms with Crippen LogP contribution in [0.1, 0.15) is 31.4 Å². The molecule has 30 heavy (non-hydrogen) atoms. The van der Waals surface area contributed by atoms with Crippen LogP contribution in [-0.2, 0) is 17.8 Å². The second-order valence-corrected chi connectivity index (χ2v) is 7.71. The molecule has 160 valence electrons. The van der Waals surface area contributed by atoms with Gasteiger partial charge < -0.3 is 26.0 Å². The molecule has 0 radical (unpaired) electrons. The number of carbonyl (C=O) groups is 2. The highest BCUT2D eigenvalue weighted by molar-refractivity contribution is 6.43. The molecule has 5 N–H and O–H groups in total. The number of amides is 3. The molecule has 7 nitrogen and oxygen atoms in total. The van der Waals surface area contributed by atoms with Gasteiger partial charge >= 0.3 is 13.1 Å². The zero-order valence-corrected chi connectivity index (χ0v) is 17.4. The van der Waals surface area contributed by atoms with Crippen LogP contribution in [0, 0.1) is 5.92 Å². The van der Waals surface area contributed by atoms with Gasteiger partial charge in [-0.05, 0) is 23.5 Å². The summed E-state index contributed by atoms with van der Waals surface area (Å²) in [4.78, 5) is 25.3. The molecule has 3 amide bonds. The predicted octanol–water partition coefficient (Wildman–Crippen LogP) is 1.64. The number of hydrogen-bond donors (Lipinski definition) is 5. The van der Waals surface area contributed by atoms with Gasteiger partial charge in [0.25, 0.3) is 0 Å². The van der Waals surface area contributed by atoms with Crippen LogP contribution in [0.3, 0.4) is 0 Å². The van der Waals surface area contributed by atoms with Crippen molar-refractivity contribution in [3.63, 3.8) is 0 Å². The number of carbonyl (C=O) groups excluding carboxylic acids is 2. The second kappa shape index (κ2) is 12.0. The van der Waals surface area contributed by atoms with E-state index in [4.69, 9.17) is 0 Å². The lowest BCUT2D eigenvalue weighted by atomic mass is 9.75. The molecule has 0 saturated heterocycles. The molecule has 0 spiro atoms. The fourth-order valence-electron chi connectivity index (χ4n) is 3.09. The highest BCUT2D eigenvalue weighted by Crippen LogP contribution is 2.08. The van der Waals surface area contributed by atoms with Crippen molar-refractivity contribution in [2.45, 2.75) is 45.2 Å². The largest absolute Gasteiger partial charge is 0.475 e. The van der Waals surface area contributed by atoms with Gasteiger partial charge in [-0.1, -0.05) is 74.5 Å². The zero-order chi connectivity index (χ0) is 21.9. The van der Waals surface area contributed by atoms with Crippen LogP contribution in [-0.4, -0.2) is 41.1 Å². The minimum atomic E-state index is -1.68. The minimum Gasteiger partial charge on any atom is -0.426 e. The molecule has 0 aliphatic heterocycles. The fourth-order valence-corrected chi connectivity index (χ4v) is 3.09. The molecule has 0 bridgehead atoms. The van der Waals surface area contributed by atoms with Gasteiger partial charge in [-0.2, -0.15) is 0 Å². The van der Waals surface area contributed by atoms with Gasteiger partial charge in [-0.25, -0.2) is 4.79 Å². The van der Waals surface area contributed by atoms with Crippen LogP contribution in [0.2, 0.25) is 0 Å². The molecular formula is C22H30BN3O4. The molecule has 2 rings (SSSR count). The van der Waals surface area contributed by atoms with Gasteiger partial charge in [0.05, 0.1) is 5.94 Å². The maximum Gasteiger partial charge on any atom is 0.475 e. The summed E-state index contributed by atoms with van der Waals surface area (Å²) in [6.07, 6.45) is 0.684. The molecule has 0 fully saturated rings. The van der Waals surface area contributed by atoms with Gasteiger partial charge in [0, 0.05) is 13.0 Å². The zero-order valence-electron chi connectivity index (χ0n) is 17.4. The SMILES string of the molecule is CC(C)C[C@H](NC(=O)[C@H](Cc1ccccc1)NC(=O)NCc1ccccc1)B(O)O. The lowest BCUT2D eigenvalue weighted by Crippen LogP contribution is -2.56. The van der Waals surface area contributed by atoms with E-state index in [0.717, 1.165) is 11.1 Å². The first kappa shape index (κ1) is 23.4. The highest BCUT2D eigenvalue weighted by atomic mass is 16.4. The number of urea groups is 1. The summed E-state index contributed by atoms with van der Waals surface area (Å²) in [7, 11) is -1.68. The molecule has 2 aromatic carbocycles. The van der Waals surface area contributed by atoms with Crippen molar-refractivity contribution in [1.29, 1.82) is 0 Å². The molecule has 2 atom stereocenters. The molecule has 0 heterocycles. The average molecular weight is 411 g/mol. The molecule has 0 aliphatic carbocycles. The Morgan fingerprint density at radius 2 is 1.47 bits per heavy atom. The average Bonchev–Trinajstić information content (AvgIpc) is 2.72. The lowest BCUT2D eigenvalue weighted by molar-refractivity contribution is -0.123. The molecular weight excluding hydrogens is 381 g/mol. The van der Waals surface area contributed by atoms with Gasteiger partial charge in [-0.15, -0.1) is 0 Å². The summed E-state index contributed by atoms with van der Waals surface area (Å²) in [5, 5.41) is 27.4. The van der Waals surface area contributed by atoms with E-state index in [2.05, 4.69) is 16.0 Å². The van der Waals surface area contributed by atoms with E-state index in [-0.39, 0.29) is 12.3 Å². The molecule has 0 aromatic heterocycles. The summed E-state index contributed by atoms with van der Waals surface area (Å²) in [5.74, 6) is -1.12. The third kappa shape index (κ3) is 8.27. The maximum absolute atomic E-state index is 12.9. The molecule has 0 saturated carbocycles. The van der Waals surface area contributed by atoms with E-state index in [1.807, 2.05) is 74.5 Å². The summed E-state index contributed by atoms with van der Waals surface area (Å²) in [5.41, 5.74) is 1.82. The highest BCUT2D eigenvalue weighted by Gasteiger charge is 2.30. The normalized spacial score (nSPS) is 12.7. The van der Waals surface area contributed by atoms with Gasteiger partial charge in [0.2, 0.25) is 5.91 Å². The van der Waals surface area contributed by atoms with E-state index in [9.17, 15) is 19.6 Å². The Morgan fingerprint density at radius 3 is 2.00 bits per heavy atom. The van der Waals surface area contributed by atoms with E-state index in [0.29, 0.717) is 13.0 Å². The fraction of sp³-hybridized carbons (Fsp3) is 0.364. The first-order chi connectivity index (χ1) is 14.3. The van der Waals surface area contributed by atoms with Gasteiger partial charge in [0.1, 0.15) is 6.04 Å². The van der Waals surface area contributed by atoms with Crippen molar-refractivity contribution in [3.05, 3.63) is 71.8 Å². The summed E-state index contributed by atoms with van der Waals surface area (Å²) in [6.45, 7) is 4.19. The van der Waals surface area contributed by atoms with Crippen molar-refractivity contribution in [3.8, 4) is 0 Å². The van der Waals surface area contributed by atoms with Crippen molar-refractivity contribution in [1.82, 2.24) is 16.0 Å². The number of nitrogens with one attached hydrogen (secondary N) is 3. The lowest BCUT2D eigenvalue weighted by Gasteiger charge is -2.24. The Kier molecular flexibility index (Phi) is 9.37. The van der Waals surface area contributed by atoms with Crippen LogP contribution in [0.15, 0.2) is 60.7 Å². The summed E-state index contributed by atoms with van der Waals surface area (Å²) in [6, 6.07) is 17.5. The van der Waals surface area contributed by atoms with Crippen LogP contribution in [0.5, 0.6) is 0 Å². The van der Waals surface area contributed by atoms with Crippen LogP contribution in [0.25, 0.3) is 0 Å². The predicted molar refractivity (Wildman–Crippen MR) is 117 cm³/mol. The molecule has 2 aromatic rings. The van der Waals surface area contributed by atoms with Gasteiger partial charge in [0.15, 0.2) is 0 Å². The van der Waals surface area contributed by atoms with Crippen LogP contribution < -0.4 is 16.0 Å². The molecule has 0 unspecified atom stereocenters. The van der Waals surface area contributed by atoms with Gasteiger partial charge in [-0.3, -0.25) is 4.79 Å². The van der Waals surface area contributed by atoms with Crippen molar-refractivity contribution in [2.24, 2.45) is 5.92 Å². The Hall–Kier alpha value is -2.84. The number of hydrogen-bond acceptors (Lipinski definition) is 4. The van der Waals surface area contributed by atoms with Crippen LogP contribution >= 0.6 is 0 Å². The molecule has 0 aliphatic rings. The third-order valence-corrected chi connectivity index (χ3v) is 4.61. The summed E-state index contributed by atoms with van der Waals surface area (Å²) < 4.78 is 0.